The van der Waals surface area contributed by atoms with Crippen molar-refractivity contribution in [3.8, 4) is 5.75 Å². The number of nitrogens with one attached hydrogen (secondary N) is 1. The van der Waals surface area contributed by atoms with Crippen LogP contribution in [0.2, 0.25) is 10.0 Å². The van der Waals surface area contributed by atoms with Gasteiger partial charge in [0.25, 0.3) is 5.91 Å². The Kier molecular flexibility index (Phi) is 6.01. The average molecular weight is 394 g/mol. The normalized spacial score (nSPS) is 12.4. The van der Waals surface area contributed by atoms with E-state index in [4.69, 9.17) is 32.7 Å². The second-order valence-corrected chi connectivity index (χ2v) is 6.75. The molecule has 1 aliphatic carbocycles. The molecule has 5 nitrogen and oxygen atoms in total. The van der Waals surface area contributed by atoms with Gasteiger partial charge in [-0.3, -0.25) is 4.79 Å². The maximum atomic E-state index is 11.8. The van der Waals surface area contributed by atoms with E-state index in [1.54, 1.807) is 12.1 Å². The lowest BCUT2D eigenvalue weighted by Gasteiger charge is -2.10. The lowest BCUT2D eigenvalue weighted by Crippen LogP contribution is -2.23. The fourth-order valence-corrected chi connectivity index (χ4v) is 3.20. The van der Waals surface area contributed by atoms with Gasteiger partial charge in [-0.2, -0.15) is 0 Å². The first-order valence-corrected chi connectivity index (χ1v) is 8.92. The standard InChI is InChI=1S/C19H17Cl2NO4/c20-14-5-7-17(16(21)9-14)22-18(23)10-26-19(24)11-25-15-6-4-12-2-1-3-13(12)8-15/h4-9H,1-3,10-11H2,(H,22,23). The Morgan fingerprint density at radius 2 is 1.81 bits per heavy atom. The minimum Gasteiger partial charge on any atom is -0.482 e. The summed E-state index contributed by atoms with van der Waals surface area (Å²) in [6.45, 7) is -0.681. The van der Waals surface area contributed by atoms with Crippen LogP contribution in [0.25, 0.3) is 0 Å². The summed E-state index contributed by atoms with van der Waals surface area (Å²) in [5, 5.41) is 3.31. The van der Waals surface area contributed by atoms with E-state index in [1.165, 1.54) is 17.2 Å². The van der Waals surface area contributed by atoms with Gasteiger partial charge in [0, 0.05) is 5.02 Å². The minimum absolute atomic E-state index is 0.256. The largest absolute Gasteiger partial charge is 0.482 e. The summed E-state index contributed by atoms with van der Waals surface area (Å²) in [4.78, 5) is 23.6. The van der Waals surface area contributed by atoms with E-state index in [1.807, 2.05) is 18.2 Å². The SMILES string of the molecule is O=C(COC(=O)COc1ccc2c(c1)CCC2)Nc1ccc(Cl)cc1Cl. The third-order valence-electron chi connectivity index (χ3n) is 4.00. The van der Waals surface area contributed by atoms with Gasteiger partial charge in [-0.15, -0.1) is 0 Å². The second kappa shape index (κ2) is 8.43. The lowest BCUT2D eigenvalue weighted by molar-refractivity contribution is -0.149. The number of halogens is 2. The van der Waals surface area contributed by atoms with Crippen molar-refractivity contribution in [3.05, 3.63) is 57.6 Å². The van der Waals surface area contributed by atoms with E-state index in [-0.39, 0.29) is 6.61 Å². The molecule has 136 valence electrons. The van der Waals surface area contributed by atoms with Crippen molar-refractivity contribution in [1.82, 2.24) is 0 Å². The molecule has 26 heavy (non-hydrogen) atoms. The third kappa shape index (κ3) is 4.90. The summed E-state index contributed by atoms with van der Waals surface area (Å²) in [5.74, 6) is -0.497. The molecule has 3 rings (SSSR count). The van der Waals surface area contributed by atoms with Gasteiger partial charge >= 0.3 is 5.97 Å². The van der Waals surface area contributed by atoms with Gasteiger partial charge in [0.2, 0.25) is 0 Å². The number of benzene rings is 2. The fraction of sp³-hybridized carbons (Fsp3) is 0.263. The van der Waals surface area contributed by atoms with E-state index in [0.717, 1.165) is 19.3 Å². The number of carbonyl (C=O) groups excluding carboxylic acids is 2. The van der Waals surface area contributed by atoms with E-state index in [2.05, 4.69) is 5.32 Å². The third-order valence-corrected chi connectivity index (χ3v) is 4.54. The molecule has 0 aliphatic heterocycles. The van der Waals surface area contributed by atoms with Crippen molar-refractivity contribution in [2.45, 2.75) is 19.3 Å². The Balaban J connectivity index is 1.43. The Hall–Kier alpha value is -2.24. The highest BCUT2D eigenvalue weighted by Gasteiger charge is 2.13. The number of anilines is 1. The van der Waals surface area contributed by atoms with Gasteiger partial charge in [-0.1, -0.05) is 29.3 Å². The van der Waals surface area contributed by atoms with Crippen LogP contribution in [0.1, 0.15) is 17.5 Å². The van der Waals surface area contributed by atoms with Crippen molar-refractivity contribution < 1.29 is 19.1 Å². The molecule has 0 aromatic heterocycles. The van der Waals surface area contributed by atoms with Gasteiger partial charge < -0.3 is 14.8 Å². The first-order valence-electron chi connectivity index (χ1n) is 8.16. The molecule has 0 atom stereocenters. The monoisotopic (exact) mass is 393 g/mol. The van der Waals surface area contributed by atoms with Crippen molar-refractivity contribution in [2.75, 3.05) is 18.5 Å². The molecule has 0 radical (unpaired) electrons. The first kappa shape index (κ1) is 18.5. The maximum Gasteiger partial charge on any atom is 0.344 e. The van der Waals surface area contributed by atoms with Crippen LogP contribution in [-0.4, -0.2) is 25.1 Å². The van der Waals surface area contributed by atoms with E-state index in [9.17, 15) is 9.59 Å². The Labute approximate surface area is 161 Å². The molecule has 7 heteroatoms. The van der Waals surface area contributed by atoms with Crippen molar-refractivity contribution in [1.29, 1.82) is 0 Å². The van der Waals surface area contributed by atoms with Crippen molar-refractivity contribution in [3.63, 3.8) is 0 Å². The van der Waals surface area contributed by atoms with Gasteiger partial charge in [0.05, 0.1) is 10.7 Å². The molecule has 2 aromatic carbocycles. The zero-order valence-electron chi connectivity index (χ0n) is 13.9. The quantitative estimate of drug-likeness (QED) is 0.751. The summed E-state index contributed by atoms with van der Waals surface area (Å²) in [5.41, 5.74) is 2.99. The van der Waals surface area contributed by atoms with Crippen LogP contribution < -0.4 is 10.1 Å². The smallest absolute Gasteiger partial charge is 0.344 e. The summed E-state index contributed by atoms with van der Waals surface area (Å²) < 4.78 is 10.3. The number of rotatable bonds is 6. The number of hydrogen-bond donors (Lipinski definition) is 1. The number of fused-ring (bicyclic) bond motifs is 1. The van der Waals surface area contributed by atoms with Crippen LogP contribution >= 0.6 is 23.2 Å². The molecule has 0 spiro atoms. The van der Waals surface area contributed by atoms with Gasteiger partial charge in [0.1, 0.15) is 5.75 Å². The van der Waals surface area contributed by atoms with E-state index in [0.29, 0.717) is 21.5 Å². The van der Waals surface area contributed by atoms with Crippen LogP contribution in [0.15, 0.2) is 36.4 Å². The zero-order chi connectivity index (χ0) is 18.5. The molecule has 0 saturated heterocycles. The Morgan fingerprint density at radius 1 is 1.00 bits per heavy atom. The number of esters is 1. The second-order valence-electron chi connectivity index (χ2n) is 5.91. The summed E-state index contributed by atoms with van der Waals surface area (Å²) in [7, 11) is 0. The lowest BCUT2D eigenvalue weighted by atomic mass is 10.1. The predicted molar refractivity (Wildman–Crippen MR) is 100 cm³/mol. The Morgan fingerprint density at radius 3 is 2.62 bits per heavy atom. The molecule has 0 bridgehead atoms. The molecule has 2 aromatic rings. The molecule has 0 heterocycles. The summed E-state index contributed by atoms with van der Waals surface area (Å²) in [6.07, 6.45) is 3.27. The van der Waals surface area contributed by atoms with Crippen molar-refractivity contribution >= 4 is 40.8 Å². The molecule has 0 unspecified atom stereocenters. The Bertz CT molecular complexity index is 838. The molecule has 0 saturated carbocycles. The van der Waals surface area contributed by atoms with Crippen LogP contribution in [0, 0.1) is 0 Å². The number of carbonyl (C=O) groups is 2. The fourth-order valence-electron chi connectivity index (χ4n) is 2.75. The predicted octanol–water partition coefficient (Wildman–Crippen LogP) is 4.04. The maximum absolute atomic E-state index is 11.8. The van der Waals surface area contributed by atoms with Crippen molar-refractivity contribution in [2.24, 2.45) is 0 Å². The minimum atomic E-state index is -0.622. The highest BCUT2D eigenvalue weighted by molar-refractivity contribution is 6.36. The van der Waals surface area contributed by atoms with Gasteiger partial charge in [-0.05, 0) is 60.7 Å². The van der Waals surface area contributed by atoms with Gasteiger partial charge in [0.15, 0.2) is 13.2 Å². The van der Waals surface area contributed by atoms with Crippen LogP contribution in [0.5, 0.6) is 5.75 Å². The zero-order valence-corrected chi connectivity index (χ0v) is 15.4. The average Bonchev–Trinajstić information content (AvgIpc) is 3.08. The van der Waals surface area contributed by atoms with Crippen LogP contribution in [0.4, 0.5) is 5.69 Å². The highest BCUT2D eigenvalue weighted by Crippen LogP contribution is 2.26. The topological polar surface area (TPSA) is 64.6 Å². The molecule has 1 N–H and O–H groups in total. The molecule has 0 fully saturated rings. The summed E-state index contributed by atoms with van der Waals surface area (Å²) >= 11 is 11.8. The molecule has 1 aliphatic rings. The van der Waals surface area contributed by atoms with E-state index >= 15 is 0 Å². The molecule has 1 amide bonds. The first-order chi connectivity index (χ1) is 12.5. The number of ether oxygens (including phenoxy) is 2. The number of hydrogen-bond acceptors (Lipinski definition) is 4. The van der Waals surface area contributed by atoms with Crippen LogP contribution in [0.3, 0.4) is 0 Å². The molecular weight excluding hydrogens is 377 g/mol. The number of aryl methyl sites for hydroxylation is 2. The summed E-state index contributed by atoms with van der Waals surface area (Å²) in [6, 6.07) is 10.5. The molecular formula is C19H17Cl2NO4. The van der Waals surface area contributed by atoms with Gasteiger partial charge in [-0.25, -0.2) is 4.79 Å². The highest BCUT2D eigenvalue weighted by atomic mass is 35.5. The van der Waals surface area contributed by atoms with E-state index < -0.39 is 18.5 Å². The number of amides is 1. The van der Waals surface area contributed by atoms with Crippen LogP contribution in [-0.2, 0) is 27.2 Å².